The van der Waals surface area contributed by atoms with Gasteiger partial charge in [0.05, 0.1) is 0 Å². The number of amidine groups is 1. The second-order valence-corrected chi connectivity index (χ2v) is 6.24. The summed E-state index contributed by atoms with van der Waals surface area (Å²) in [6, 6.07) is 20.8. The minimum Gasteiger partial charge on any atom is -0.299 e. The molecule has 0 bridgehead atoms. The lowest BCUT2D eigenvalue weighted by molar-refractivity contribution is -0.0901. The lowest BCUT2D eigenvalue weighted by Gasteiger charge is -2.35. The minimum absolute atomic E-state index is 0.391. The monoisotopic (exact) mass is 307 g/mol. The summed E-state index contributed by atoms with van der Waals surface area (Å²) in [7, 11) is 0. The first-order valence-corrected chi connectivity index (χ1v) is 8.19. The molecule has 0 unspecified atom stereocenters. The molecule has 4 rings (SSSR count). The van der Waals surface area contributed by atoms with Crippen molar-refractivity contribution in [1.82, 2.24) is 10.4 Å². The van der Waals surface area contributed by atoms with Gasteiger partial charge < -0.3 is 0 Å². The molecule has 2 aliphatic heterocycles. The van der Waals surface area contributed by atoms with Crippen LogP contribution in [-0.2, 0) is 11.4 Å². The Kier molecular flexibility index (Phi) is 3.85. The summed E-state index contributed by atoms with van der Waals surface area (Å²) in [5, 5.41) is 0. The van der Waals surface area contributed by atoms with E-state index in [1.807, 2.05) is 18.2 Å². The van der Waals surface area contributed by atoms with Gasteiger partial charge in [-0.1, -0.05) is 60.7 Å². The summed E-state index contributed by atoms with van der Waals surface area (Å²) in [6.07, 6.45) is 1.84. The van der Waals surface area contributed by atoms with Crippen LogP contribution in [0.25, 0.3) is 0 Å². The number of aliphatic imine (C=N–C) groups is 1. The van der Waals surface area contributed by atoms with Gasteiger partial charge in [-0.3, -0.25) is 4.90 Å². The van der Waals surface area contributed by atoms with Crippen molar-refractivity contribution in [3.63, 3.8) is 0 Å². The van der Waals surface area contributed by atoms with Crippen molar-refractivity contribution >= 4 is 5.84 Å². The summed E-state index contributed by atoms with van der Waals surface area (Å²) < 4.78 is 0. The maximum absolute atomic E-state index is 5.87. The third-order valence-electron chi connectivity index (χ3n) is 4.59. The van der Waals surface area contributed by atoms with Gasteiger partial charge in [-0.25, -0.2) is 15.3 Å². The summed E-state index contributed by atoms with van der Waals surface area (Å²) in [5.41, 5.74) is 5.08. The van der Waals surface area contributed by atoms with E-state index in [1.54, 1.807) is 0 Å². The van der Waals surface area contributed by atoms with E-state index >= 15 is 0 Å². The van der Waals surface area contributed by atoms with Crippen LogP contribution in [0.2, 0.25) is 0 Å². The number of nitrogens with zero attached hydrogens (tertiary/aromatic N) is 2. The Labute approximate surface area is 136 Å². The Hall–Kier alpha value is -2.17. The fourth-order valence-corrected chi connectivity index (χ4v) is 3.23. The van der Waals surface area contributed by atoms with Crippen LogP contribution in [0.4, 0.5) is 0 Å². The van der Waals surface area contributed by atoms with Crippen LogP contribution in [0.3, 0.4) is 0 Å². The molecule has 0 amide bonds. The molecule has 1 saturated heterocycles. The summed E-state index contributed by atoms with van der Waals surface area (Å²) in [5.74, 6) is 0.849. The maximum Gasteiger partial charge on any atom is 0.190 e. The number of benzene rings is 2. The molecule has 1 fully saturated rings. The zero-order valence-electron chi connectivity index (χ0n) is 13.1. The van der Waals surface area contributed by atoms with Crippen LogP contribution < -0.4 is 5.48 Å². The Morgan fingerprint density at radius 3 is 2.30 bits per heavy atom. The number of likely N-dealkylation sites (tertiary alicyclic amines) is 1. The fourth-order valence-electron chi connectivity index (χ4n) is 3.23. The first-order chi connectivity index (χ1) is 11.3. The SMILES string of the molecule is c1ccc(CN2CCC3(CC2)N=C(c2ccccc2)NO3)cc1. The normalized spacial score (nSPS) is 20.3. The van der Waals surface area contributed by atoms with Crippen molar-refractivity contribution in [1.29, 1.82) is 0 Å². The number of hydrogen-bond acceptors (Lipinski definition) is 4. The molecule has 0 aromatic heterocycles. The zero-order chi connectivity index (χ0) is 15.5. The van der Waals surface area contributed by atoms with Crippen LogP contribution in [-0.4, -0.2) is 29.6 Å². The largest absolute Gasteiger partial charge is 0.299 e. The molecule has 23 heavy (non-hydrogen) atoms. The van der Waals surface area contributed by atoms with Crippen molar-refractivity contribution in [2.45, 2.75) is 25.1 Å². The highest BCUT2D eigenvalue weighted by Crippen LogP contribution is 2.31. The van der Waals surface area contributed by atoms with Crippen LogP contribution in [0, 0.1) is 0 Å². The molecule has 0 radical (unpaired) electrons. The summed E-state index contributed by atoms with van der Waals surface area (Å²) >= 11 is 0. The lowest BCUT2D eigenvalue weighted by Crippen LogP contribution is -2.44. The number of rotatable bonds is 3. The Balaban J connectivity index is 1.40. The average Bonchev–Trinajstić information content (AvgIpc) is 3.03. The van der Waals surface area contributed by atoms with Gasteiger partial charge in [-0.15, -0.1) is 0 Å². The predicted molar refractivity (Wildman–Crippen MR) is 90.9 cm³/mol. The summed E-state index contributed by atoms with van der Waals surface area (Å²) in [4.78, 5) is 13.2. The summed E-state index contributed by atoms with van der Waals surface area (Å²) in [6.45, 7) is 3.00. The Morgan fingerprint density at radius 1 is 0.957 bits per heavy atom. The number of piperidine rings is 1. The van der Waals surface area contributed by atoms with Gasteiger partial charge in [0.1, 0.15) is 0 Å². The van der Waals surface area contributed by atoms with E-state index in [1.165, 1.54) is 5.56 Å². The first kappa shape index (κ1) is 14.4. The molecule has 2 aromatic carbocycles. The number of nitrogens with one attached hydrogen (secondary N) is 1. The molecule has 0 aliphatic carbocycles. The molecule has 4 heteroatoms. The van der Waals surface area contributed by atoms with Crippen LogP contribution >= 0.6 is 0 Å². The van der Waals surface area contributed by atoms with Gasteiger partial charge in [0.2, 0.25) is 0 Å². The van der Waals surface area contributed by atoms with E-state index in [0.717, 1.165) is 43.9 Å². The van der Waals surface area contributed by atoms with Gasteiger partial charge in [-0.05, 0) is 5.56 Å². The second-order valence-electron chi connectivity index (χ2n) is 6.24. The highest BCUT2D eigenvalue weighted by Gasteiger charge is 2.40. The maximum atomic E-state index is 5.87. The third-order valence-corrected chi connectivity index (χ3v) is 4.59. The molecule has 0 atom stereocenters. The molecular weight excluding hydrogens is 286 g/mol. The average molecular weight is 307 g/mol. The molecule has 118 valence electrons. The molecule has 1 N–H and O–H groups in total. The highest BCUT2D eigenvalue weighted by atomic mass is 16.7. The Bertz CT molecular complexity index is 676. The van der Waals surface area contributed by atoms with E-state index in [0.29, 0.717) is 0 Å². The zero-order valence-corrected chi connectivity index (χ0v) is 13.1. The first-order valence-electron chi connectivity index (χ1n) is 8.19. The smallest absolute Gasteiger partial charge is 0.190 e. The third kappa shape index (κ3) is 3.14. The second kappa shape index (κ2) is 6.14. The van der Waals surface area contributed by atoms with E-state index in [2.05, 4.69) is 52.8 Å². The van der Waals surface area contributed by atoms with Gasteiger partial charge in [0.15, 0.2) is 11.6 Å². The van der Waals surface area contributed by atoms with E-state index < -0.39 is 5.72 Å². The van der Waals surface area contributed by atoms with Crippen molar-refractivity contribution in [3.05, 3.63) is 71.8 Å². The van der Waals surface area contributed by atoms with E-state index in [4.69, 9.17) is 9.83 Å². The molecule has 1 spiro atoms. The lowest BCUT2D eigenvalue weighted by atomic mass is 10.0. The van der Waals surface area contributed by atoms with E-state index in [-0.39, 0.29) is 0 Å². The van der Waals surface area contributed by atoms with Gasteiger partial charge in [0.25, 0.3) is 0 Å². The van der Waals surface area contributed by atoms with Crippen molar-refractivity contribution in [3.8, 4) is 0 Å². The van der Waals surface area contributed by atoms with Gasteiger partial charge in [0, 0.05) is 38.0 Å². The Morgan fingerprint density at radius 2 is 1.61 bits per heavy atom. The molecular formula is C19H21N3O. The van der Waals surface area contributed by atoms with Crippen molar-refractivity contribution in [2.24, 2.45) is 4.99 Å². The minimum atomic E-state index is -0.391. The van der Waals surface area contributed by atoms with Crippen LogP contribution in [0.5, 0.6) is 0 Å². The number of hydroxylamine groups is 1. The molecule has 4 nitrogen and oxygen atoms in total. The van der Waals surface area contributed by atoms with Crippen molar-refractivity contribution < 1.29 is 4.84 Å². The number of hydrogen-bond donors (Lipinski definition) is 1. The molecule has 2 aliphatic rings. The van der Waals surface area contributed by atoms with Crippen LogP contribution in [0.1, 0.15) is 24.0 Å². The molecule has 0 saturated carbocycles. The quantitative estimate of drug-likeness (QED) is 0.947. The molecule has 2 heterocycles. The van der Waals surface area contributed by atoms with Gasteiger partial charge in [-0.2, -0.15) is 0 Å². The standard InChI is InChI=1S/C19H21N3O/c1-3-7-16(8-4-1)15-22-13-11-19(12-14-22)20-18(21-23-19)17-9-5-2-6-10-17/h1-10H,11-15H2,(H,20,21). The molecule has 2 aromatic rings. The van der Waals surface area contributed by atoms with E-state index in [9.17, 15) is 0 Å². The van der Waals surface area contributed by atoms with Crippen molar-refractivity contribution in [2.75, 3.05) is 13.1 Å². The fraction of sp³-hybridized carbons (Fsp3) is 0.316. The van der Waals surface area contributed by atoms with Gasteiger partial charge >= 0.3 is 0 Å². The predicted octanol–water partition coefficient (Wildman–Crippen LogP) is 2.96. The highest BCUT2D eigenvalue weighted by molar-refractivity contribution is 5.99. The van der Waals surface area contributed by atoms with Crippen LogP contribution in [0.15, 0.2) is 65.7 Å². The topological polar surface area (TPSA) is 36.9 Å².